The smallest absolute Gasteiger partial charge is 0.0654 e. The molecule has 0 saturated carbocycles. The fourth-order valence-corrected chi connectivity index (χ4v) is 3.42. The second-order valence-corrected chi connectivity index (χ2v) is 6.39. The van der Waals surface area contributed by atoms with Gasteiger partial charge in [0.05, 0.1) is 9.52 Å². The number of benzene rings is 1. The van der Waals surface area contributed by atoms with Gasteiger partial charge in [-0.15, -0.1) is 0 Å². The first-order valence-corrected chi connectivity index (χ1v) is 7.14. The zero-order chi connectivity index (χ0) is 11.1. The van der Waals surface area contributed by atoms with Crippen molar-refractivity contribution in [2.75, 3.05) is 0 Å². The van der Waals surface area contributed by atoms with Crippen LogP contribution >= 0.6 is 0 Å². The van der Waals surface area contributed by atoms with Crippen LogP contribution in [0.4, 0.5) is 0 Å². The quantitative estimate of drug-likeness (QED) is 0.639. The largest absolute Gasteiger partial charge is 0.0808 e. The molecule has 1 aromatic carbocycles. The van der Waals surface area contributed by atoms with Crippen molar-refractivity contribution in [1.29, 1.82) is 0 Å². The predicted molar refractivity (Wildman–Crippen MR) is 69.9 cm³/mol. The Balaban J connectivity index is 2.27. The zero-order valence-corrected chi connectivity index (χ0v) is 11.2. The molecule has 0 unspecified atom stereocenters. The molecule has 1 heteroatoms. The fourth-order valence-electron chi connectivity index (χ4n) is 1.90. The summed E-state index contributed by atoms with van der Waals surface area (Å²) in [7, 11) is 0.982. The highest BCUT2D eigenvalue weighted by Crippen LogP contribution is 2.27. The van der Waals surface area contributed by atoms with Crippen LogP contribution in [0.5, 0.6) is 0 Å². The highest BCUT2D eigenvalue weighted by atomic mass is 28.2. The Hall–Kier alpha value is -0.563. The zero-order valence-electron chi connectivity index (χ0n) is 10.2. The minimum absolute atomic E-state index is 0.538. The molecular formula is C14H22Si. The number of rotatable bonds is 6. The first kappa shape index (κ1) is 12.5. The summed E-state index contributed by atoms with van der Waals surface area (Å²) in [6.07, 6.45) is 4.02. The first-order valence-electron chi connectivity index (χ1n) is 5.93. The van der Waals surface area contributed by atoms with Crippen LogP contribution in [0.3, 0.4) is 0 Å². The Bertz CT molecular complexity index is 264. The van der Waals surface area contributed by atoms with E-state index in [-0.39, 0.29) is 0 Å². The second-order valence-electron chi connectivity index (χ2n) is 4.96. The van der Waals surface area contributed by atoms with Crippen LogP contribution in [-0.2, 0) is 0 Å². The molecule has 0 atom stereocenters. The summed E-state index contributed by atoms with van der Waals surface area (Å²) in [4.78, 5) is 0. The van der Waals surface area contributed by atoms with Gasteiger partial charge in [-0.1, -0.05) is 75.2 Å². The van der Waals surface area contributed by atoms with E-state index in [2.05, 4.69) is 51.1 Å². The van der Waals surface area contributed by atoms with Crippen LogP contribution in [0.1, 0.15) is 40.0 Å². The topological polar surface area (TPSA) is 0 Å². The third kappa shape index (κ3) is 5.17. The summed E-state index contributed by atoms with van der Waals surface area (Å²) >= 11 is 0. The number of hydrogen-bond donors (Lipinski definition) is 0. The van der Waals surface area contributed by atoms with Crippen molar-refractivity contribution >= 4 is 14.7 Å². The lowest BCUT2D eigenvalue weighted by Gasteiger charge is -2.23. The van der Waals surface area contributed by atoms with Gasteiger partial charge < -0.3 is 0 Å². The van der Waals surface area contributed by atoms with E-state index in [1.54, 1.807) is 0 Å². The molecule has 0 saturated heterocycles. The van der Waals surface area contributed by atoms with E-state index in [0.29, 0.717) is 5.41 Å². The molecule has 0 bridgehead atoms. The molecule has 2 radical (unpaired) electrons. The predicted octanol–water partition coefficient (Wildman–Crippen LogP) is 3.65. The molecule has 15 heavy (non-hydrogen) atoms. The van der Waals surface area contributed by atoms with Gasteiger partial charge in [-0.05, 0) is 11.8 Å². The van der Waals surface area contributed by atoms with E-state index in [0.717, 1.165) is 9.52 Å². The van der Waals surface area contributed by atoms with Gasteiger partial charge >= 0.3 is 0 Å². The van der Waals surface area contributed by atoms with Crippen LogP contribution in [0.25, 0.3) is 0 Å². The van der Waals surface area contributed by atoms with Crippen molar-refractivity contribution < 1.29 is 0 Å². The van der Waals surface area contributed by atoms with Crippen LogP contribution in [0.2, 0.25) is 6.04 Å². The minimum Gasteiger partial charge on any atom is -0.0654 e. The molecule has 1 rings (SSSR count). The molecule has 0 nitrogen and oxygen atoms in total. The molecule has 0 fully saturated rings. The molecule has 0 aliphatic rings. The summed E-state index contributed by atoms with van der Waals surface area (Å²) in [5.74, 6) is 0. The molecule has 1 aromatic rings. The van der Waals surface area contributed by atoms with Crippen molar-refractivity contribution in [3.63, 3.8) is 0 Å². The highest BCUT2D eigenvalue weighted by molar-refractivity contribution is 6.53. The Morgan fingerprint density at radius 2 is 1.73 bits per heavy atom. The van der Waals surface area contributed by atoms with Gasteiger partial charge in [0.25, 0.3) is 0 Å². The van der Waals surface area contributed by atoms with E-state index in [1.165, 1.54) is 30.5 Å². The molecule has 0 N–H and O–H groups in total. The van der Waals surface area contributed by atoms with E-state index in [4.69, 9.17) is 0 Å². The van der Waals surface area contributed by atoms with E-state index in [9.17, 15) is 0 Å². The van der Waals surface area contributed by atoms with Gasteiger partial charge in [0.1, 0.15) is 0 Å². The number of hydrogen-bond acceptors (Lipinski definition) is 0. The molecule has 0 amide bonds. The van der Waals surface area contributed by atoms with Gasteiger partial charge in [0.15, 0.2) is 0 Å². The Kier molecular flexibility index (Phi) is 5.10. The van der Waals surface area contributed by atoms with Crippen LogP contribution < -0.4 is 5.19 Å². The first-order chi connectivity index (χ1) is 7.14. The van der Waals surface area contributed by atoms with Gasteiger partial charge in [-0.2, -0.15) is 0 Å². The van der Waals surface area contributed by atoms with Gasteiger partial charge in [-0.25, -0.2) is 0 Å². The monoisotopic (exact) mass is 218 g/mol. The molecule has 0 aromatic heterocycles. The molecule has 0 heterocycles. The van der Waals surface area contributed by atoms with Crippen LogP contribution in [0.15, 0.2) is 30.3 Å². The molecule has 0 aliphatic carbocycles. The van der Waals surface area contributed by atoms with Crippen LogP contribution in [0, 0.1) is 5.41 Å². The standard InChI is InChI=1S/C14H22Si/c1-4-10-14(2,3)11-12-15-13-8-6-5-7-9-13/h5-9H,4,10-12H2,1-3H3. The average molecular weight is 218 g/mol. The van der Waals surface area contributed by atoms with Crippen molar-refractivity contribution in [1.82, 2.24) is 0 Å². The summed E-state index contributed by atoms with van der Waals surface area (Å²) in [5.41, 5.74) is 0.538. The van der Waals surface area contributed by atoms with E-state index < -0.39 is 0 Å². The van der Waals surface area contributed by atoms with Gasteiger partial charge in [0, 0.05) is 0 Å². The van der Waals surface area contributed by atoms with Crippen LogP contribution in [-0.4, -0.2) is 9.52 Å². The van der Waals surface area contributed by atoms with Gasteiger partial charge in [-0.3, -0.25) is 0 Å². The van der Waals surface area contributed by atoms with Crippen molar-refractivity contribution in [3.8, 4) is 0 Å². The fraction of sp³-hybridized carbons (Fsp3) is 0.571. The summed E-state index contributed by atoms with van der Waals surface area (Å²) in [6.45, 7) is 7.07. The van der Waals surface area contributed by atoms with E-state index in [1.807, 2.05) is 0 Å². The molecule has 82 valence electrons. The maximum Gasteiger partial charge on any atom is 0.0808 e. The normalized spacial score (nSPS) is 11.7. The maximum atomic E-state index is 2.39. The molecule has 0 spiro atoms. The van der Waals surface area contributed by atoms with Gasteiger partial charge in [0.2, 0.25) is 0 Å². The summed E-state index contributed by atoms with van der Waals surface area (Å²) in [5, 5.41) is 1.50. The molecule has 0 aliphatic heterocycles. The lowest BCUT2D eigenvalue weighted by molar-refractivity contribution is 0.318. The lowest BCUT2D eigenvalue weighted by atomic mass is 9.85. The molecular weight excluding hydrogens is 196 g/mol. The summed E-state index contributed by atoms with van der Waals surface area (Å²) in [6, 6.07) is 12.2. The maximum absolute atomic E-state index is 2.39. The SMILES string of the molecule is CCCC(C)(C)CC[Si]c1ccccc1. The third-order valence-electron chi connectivity index (χ3n) is 2.83. The lowest BCUT2D eigenvalue weighted by Crippen LogP contribution is -2.17. The average Bonchev–Trinajstić information content (AvgIpc) is 2.19. The van der Waals surface area contributed by atoms with E-state index >= 15 is 0 Å². The summed E-state index contributed by atoms with van der Waals surface area (Å²) < 4.78 is 0. The van der Waals surface area contributed by atoms with Crippen molar-refractivity contribution in [2.24, 2.45) is 5.41 Å². The minimum atomic E-state index is 0.538. The van der Waals surface area contributed by atoms with Crippen molar-refractivity contribution in [2.45, 2.75) is 46.1 Å². The van der Waals surface area contributed by atoms with Crippen molar-refractivity contribution in [3.05, 3.63) is 30.3 Å². The second kappa shape index (κ2) is 6.11. The Morgan fingerprint density at radius 1 is 1.07 bits per heavy atom. The Labute approximate surface area is 96.9 Å². The highest BCUT2D eigenvalue weighted by Gasteiger charge is 2.15. The third-order valence-corrected chi connectivity index (χ3v) is 4.07. The Morgan fingerprint density at radius 3 is 2.33 bits per heavy atom.